The molecule has 3 rings (SSSR count). The quantitative estimate of drug-likeness (QED) is 0.803. The fourth-order valence-electron chi connectivity index (χ4n) is 2.62. The first-order valence-corrected chi connectivity index (χ1v) is 7.81. The Balaban J connectivity index is 1.59. The standard InChI is InChI=1S/C16H17Cl2N3/c17-14-5-1-2-6-15(14)21-10-8-20(9-11-21)12-13-4-3-7-16(18)19-13/h1-7H,8-12H2. The van der Waals surface area contributed by atoms with Crippen LogP contribution in [0.5, 0.6) is 0 Å². The van der Waals surface area contributed by atoms with Gasteiger partial charge in [-0.15, -0.1) is 0 Å². The van der Waals surface area contributed by atoms with E-state index in [1.165, 1.54) is 0 Å². The van der Waals surface area contributed by atoms with Crippen LogP contribution in [-0.4, -0.2) is 36.1 Å². The maximum Gasteiger partial charge on any atom is 0.129 e. The molecule has 0 bridgehead atoms. The molecular weight excluding hydrogens is 305 g/mol. The van der Waals surface area contributed by atoms with Gasteiger partial charge in [0.05, 0.1) is 16.4 Å². The molecule has 0 saturated carbocycles. The van der Waals surface area contributed by atoms with E-state index in [9.17, 15) is 0 Å². The topological polar surface area (TPSA) is 19.4 Å². The van der Waals surface area contributed by atoms with E-state index in [-0.39, 0.29) is 0 Å². The predicted octanol–water partition coefficient (Wildman–Crippen LogP) is 3.71. The number of benzene rings is 1. The van der Waals surface area contributed by atoms with Crippen molar-refractivity contribution in [3.63, 3.8) is 0 Å². The summed E-state index contributed by atoms with van der Waals surface area (Å²) in [6.07, 6.45) is 0. The lowest BCUT2D eigenvalue weighted by atomic mass is 10.2. The number of halogens is 2. The lowest BCUT2D eigenvalue weighted by Gasteiger charge is -2.36. The second-order valence-corrected chi connectivity index (χ2v) is 5.96. The highest BCUT2D eigenvalue weighted by Crippen LogP contribution is 2.26. The molecular formula is C16H17Cl2N3. The van der Waals surface area contributed by atoms with Crippen molar-refractivity contribution < 1.29 is 0 Å². The smallest absolute Gasteiger partial charge is 0.129 e. The molecule has 0 atom stereocenters. The zero-order chi connectivity index (χ0) is 14.7. The van der Waals surface area contributed by atoms with Gasteiger partial charge in [-0.3, -0.25) is 4.90 Å². The van der Waals surface area contributed by atoms with Crippen molar-refractivity contribution in [1.82, 2.24) is 9.88 Å². The second kappa shape index (κ2) is 6.65. The van der Waals surface area contributed by atoms with Crippen LogP contribution in [0.1, 0.15) is 5.69 Å². The number of anilines is 1. The van der Waals surface area contributed by atoms with Crippen molar-refractivity contribution in [1.29, 1.82) is 0 Å². The van der Waals surface area contributed by atoms with Gasteiger partial charge in [-0.25, -0.2) is 4.98 Å². The van der Waals surface area contributed by atoms with Crippen molar-refractivity contribution in [2.45, 2.75) is 6.54 Å². The predicted molar refractivity (Wildman–Crippen MR) is 88.2 cm³/mol. The Bertz CT molecular complexity index is 610. The molecule has 1 aliphatic heterocycles. The number of nitrogens with zero attached hydrogens (tertiary/aromatic N) is 3. The van der Waals surface area contributed by atoms with Crippen LogP contribution in [0.15, 0.2) is 42.5 Å². The van der Waals surface area contributed by atoms with E-state index in [0.29, 0.717) is 5.15 Å². The third-order valence-corrected chi connectivity index (χ3v) is 4.25. The lowest BCUT2D eigenvalue weighted by molar-refractivity contribution is 0.247. The number of aromatic nitrogens is 1. The number of piperazine rings is 1. The van der Waals surface area contributed by atoms with Crippen LogP contribution in [0.25, 0.3) is 0 Å². The molecule has 0 unspecified atom stereocenters. The first kappa shape index (κ1) is 14.6. The number of hydrogen-bond donors (Lipinski definition) is 0. The molecule has 0 aliphatic carbocycles. The van der Waals surface area contributed by atoms with Crippen LogP contribution in [-0.2, 0) is 6.54 Å². The molecule has 1 fully saturated rings. The van der Waals surface area contributed by atoms with Gasteiger partial charge in [0.2, 0.25) is 0 Å². The summed E-state index contributed by atoms with van der Waals surface area (Å²) in [5, 5.41) is 1.38. The highest BCUT2D eigenvalue weighted by atomic mass is 35.5. The van der Waals surface area contributed by atoms with Gasteiger partial charge in [-0.1, -0.05) is 41.4 Å². The highest BCUT2D eigenvalue weighted by Gasteiger charge is 2.19. The SMILES string of the molecule is Clc1cccc(CN2CCN(c3ccccc3Cl)CC2)n1. The van der Waals surface area contributed by atoms with Crippen molar-refractivity contribution in [2.24, 2.45) is 0 Å². The Labute approximate surface area is 135 Å². The Morgan fingerprint density at radius 3 is 2.38 bits per heavy atom. The molecule has 0 spiro atoms. The maximum atomic E-state index is 6.26. The Morgan fingerprint density at radius 2 is 1.67 bits per heavy atom. The molecule has 1 aliphatic rings. The summed E-state index contributed by atoms with van der Waals surface area (Å²) in [4.78, 5) is 9.08. The lowest BCUT2D eigenvalue weighted by Crippen LogP contribution is -2.46. The summed E-state index contributed by atoms with van der Waals surface area (Å²) in [7, 11) is 0. The number of rotatable bonds is 3. The summed E-state index contributed by atoms with van der Waals surface area (Å²) in [6.45, 7) is 4.80. The van der Waals surface area contributed by atoms with E-state index in [0.717, 1.165) is 49.1 Å². The largest absolute Gasteiger partial charge is 0.368 e. The van der Waals surface area contributed by atoms with Crippen molar-refractivity contribution in [2.75, 3.05) is 31.1 Å². The zero-order valence-electron chi connectivity index (χ0n) is 11.7. The summed E-state index contributed by atoms with van der Waals surface area (Å²) in [5.41, 5.74) is 2.15. The van der Waals surface area contributed by atoms with E-state index < -0.39 is 0 Å². The van der Waals surface area contributed by atoms with Crippen LogP contribution >= 0.6 is 23.2 Å². The average Bonchev–Trinajstić information content (AvgIpc) is 2.49. The Morgan fingerprint density at radius 1 is 0.905 bits per heavy atom. The molecule has 3 nitrogen and oxygen atoms in total. The molecule has 0 N–H and O–H groups in total. The molecule has 2 aromatic rings. The van der Waals surface area contributed by atoms with Gasteiger partial charge < -0.3 is 4.90 Å². The second-order valence-electron chi connectivity index (χ2n) is 5.17. The van der Waals surface area contributed by atoms with Gasteiger partial charge >= 0.3 is 0 Å². The van der Waals surface area contributed by atoms with E-state index in [4.69, 9.17) is 23.2 Å². The molecule has 2 heterocycles. The van der Waals surface area contributed by atoms with Gasteiger partial charge in [0.25, 0.3) is 0 Å². The molecule has 5 heteroatoms. The van der Waals surface area contributed by atoms with Crippen LogP contribution < -0.4 is 4.90 Å². The molecule has 1 aromatic carbocycles. The minimum Gasteiger partial charge on any atom is -0.368 e. The molecule has 110 valence electrons. The summed E-state index contributed by atoms with van der Waals surface area (Å²) in [5.74, 6) is 0. The molecule has 1 aromatic heterocycles. The van der Waals surface area contributed by atoms with Crippen molar-refractivity contribution in [3.05, 3.63) is 58.3 Å². The average molecular weight is 322 g/mol. The molecule has 1 saturated heterocycles. The van der Waals surface area contributed by atoms with Crippen LogP contribution in [0.2, 0.25) is 10.2 Å². The molecule has 0 amide bonds. The summed E-state index contributed by atoms with van der Waals surface area (Å²) in [6, 6.07) is 13.8. The van der Waals surface area contributed by atoms with Gasteiger partial charge in [-0.2, -0.15) is 0 Å². The molecule has 0 radical (unpaired) electrons. The van der Waals surface area contributed by atoms with Crippen LogP contribution in [0.3, 0.4) is 0 Å². The minimum absolute atomic E-state index is 0.558. The third-order valence-electron chi connectivity index (χ3n) is 3.72. The van der Waals surface area contributed by atoms with E-state index >= 15 is 0 Å². The molecule has 21 heavy (non-hydrogen) atoms. The van der Waals surface area contributed by atoms with Crippen LogP contribution in [0, 0.1) is 0 Å². The fraction of sp³-hybridized carbons (Fsp3) is 0.312. The number of pyridine rings is 1. The van der Waals surface area contributed by atoms with E-state index in [1.807, 2.05) is 30.3 Å². The highest BCUT2D eigenvalue weighted by molar-refractivity contribution is 6.33. The minimum atomic E-state index is 0.558. The summed E-state index contributed by atoms with van der Waals surface area (Å²) >= 11 is 12.2. The van der Waals surface area contributed by atoms with Gasteiger partial charge in [-0.05, 0) is 24.3 Å². The number of hydrogen-bond acceptors (Lipinski definition) is 3. The monoisotopic (exact) mass is 321 g/mol. The zero-order valence-corrected chi connectivity index (χ0v) is 13.2. The van der Waals surface area contributed by atoms with E-state index in [1.54, 1.807) is 6.07 Å². The van der Waals surface area contributed by atoms with Crippen LogP contribution in [0.4, 0.5) is 5.69 Å². The van der Waals surface area contributed by atoms with Crippen molar-refractivity contribution >= 4 is 28.9 Å². The number of para-hydroxylation sites is 1. The van der Waals surface area contributed by atoms with Gasteiger partial charge in [0.1, 0.15) is 5.15 Å². The van der Waals surface area contributed by atoms with Gasteiger partial charge in [0.15, 0.2) is 0 Å². The van der Waals surface area contributed by atoms with Crippen molar-refractivity contribution in [3.8, 4) is 0 Å². The Hall–Kier alpha value is -1.29. The third kappa shape index (κ3) is 3.67. The summed E-state index contributed by atoms with van der Waals surface area (Å²) < 4.78 is 0. The van der Waals surface area contributed by atoms with E-state index in [2.05, 4.69) is 20.9 Å². The Kier molecular flexibility index (Phi) is 4.63. The van der Waals surface area contributed by atoms with Gasteiger partial charge in [0, 0.05) is 32.7 Å². The first-order valence-electron chi connectivity index (χ1n) is 7.05. The normalized spacial score (nSPS) is 16.2. The maximum absolute atomic E-state index is 6.26. The fourth-order valence-corrected chi connectivity index (χ4v) is 3.06. The first-order chi connectivity index (χ1) is 10.2.